The van der Waals surface area contributed by atoms with Gasteiger partial charge < -0.3 is 4.57 Å². The molecule has 4 heteroatoms. The van der Waals surface area contributed by atoms with E-state index < -0.39 is 0 Å². The van der Waals surface area contributed by atoms with Crippen molar-refractivity contribution in [2.45, 2.75) is 0 Å². The molecule has 2 aromatic heterocycles. The van der Waals surface area contributed by atoms with Crippen LogP contribution in [0.25, 0.3) is 94.7 Å². The standard InChI is InChI=1S/C49H32N4/c1-3-15-33(16-4-1)35-27-28-37-32-38(30-29-36(37)31-35)48-50-47(34-17-5-2-6-18-34)51-49(52-48)43-23-8-7-19-39(43)40-20-9-12-24-44(40)53-45-25-13-10-21-41(45)42-22-11-14-26-46(42)53/h1-32H. The highest BCUT2D eigenvalue weighted by Gasteiger charge is 2.20. The Bertz CT molecular complexity index is 2890. The van der Waals surface area contributed by atoms with Crippen molar-refractivity contribution in [3.05, 3.63) is 194 Å². The van der Waals surface area contributed by atoms with Crippen molar-refractivity contribution < 1.29 is 0 Å². The van der Waals surface area contributed by atoms with Crippen LogP contribution in [0.1, 0.15) is 0 Å². The summed E-state index contributed by atoms with van der Waals surface area (Å²) in [7, 11) is 0. The van der Waals surface area contributed by atoms with Gasteiger partial charge in [-0.3, -0.25) is 0 Å². The molecule has 0 atom stereocenters. The largest absolute Gasteiger partial charge is 0.309 e. The second kappa shape index (κ2) is 12.9. The van der Waals surface area contributed by atoms with Crippen molar-refractivity contribution in [1.82, 2.24) is 19.5 Å². The van der Waals surface area contributed by atoms with Gasteiger partial charge in [0.25, 0.3) is 0 Å². The van der Waals surface area contributed by atoms with E-state index in [1.807, 2.05) is 24.3 Å². The van der Waals surface area contributed by atoms with Crippen molar-refractivity contribution in [3.8, 4) is 62.1 Å². The lowest BCUT2D eigenvalue weighted by atomic mass is 9.97. The molecule has 8 aromatic carbocycles. The Morgan fingerprint density at radius 3 is 1.45 bits per heavy atom. The maximum atomic E-state index is 5.22. The summed E-state index contributed by atoms with van der Waals surface area (Å²) >= 11 is 0. The van der Waals surface area contributed by atoms with Crippen molar-refractivity contribution in [1.29, 1.82) is 0 Å². The van der Waals surface area contributed by atoms with Gasteiger partial charge in [-0.05, 0) is 57.8 Å². The predicted molar refractivity (Wildman–Crippen MR) is 219 cm³/mol. The van der Waals surface area contributed by atoms with Gasteiger partial charge in [-0.2, -0.15) is 0 Å². The van der Waals surface area contributed by atoms with Gasteiger partial charge >= 0.3 is 0 Å². The number of hydrogen-bond acceptors (Lipinski definition) is 3. The minimum atomic E-state index is 0.626. The second-order valence-corrected chi connectivity index (χ2v) is 13.2. The minimum Gasteiger partial charge on any atom is -0.309 e. The number of benzene rings is 8. The molecule has 0 N–H and O–H groups in total. The molecule has 0 radical (unpaired) electrons. The van der Waals surface area contributed by atoms with Crippen molar-refractivity contribution >= 4 is 32.6 Å². The number of para-hydroxylation sites is 3. The van der Waals surface area contributed by atoms with E-state index in [1.54, 1.807) is 0 Å². The first-order valence-corrected chi connectivity index (χ1v) is 17.9. The first-order valence-electron chi connectivity index (χ1n) is 17.9. The molecule has 0 fully saturated rings. The van der Waals surface area contributed by atoms with Crippen LogP contribution in [-0.2, 0) is 0 Å². The molecule has 4 nitrogen and oxygen atoms in total. The van der Waals surface area contributed by atoms with Gasteiger partial charge in [0.2, 0.25) is 0 Å². The van der Waals surface area contributed by atoms with Gasteiger partial charge in [0.05, 0.1) is 16.7 Å². The summed E-state index contributed by atoms with van der Waals surface area (Å²) in [6.45, 7) is 0. The molecular formula is C49H32N4. The highest BCUT2D eigenvalue weighted by atomic mass is 15.0. The second-order valence-electron chi connectivity index (χ2n) is 13.2. The molecule has 0 bridgehead atoms. The van der Waals surface area contributed by atoms with E-state index in [-0.39, 0.29) is 0 Å². The average molecular weight is 677 g/mol. The number of nitrogens with zero attached hydrogens (tertiary/aromatic N) is 4. The number of fused-ring (bicyclic) bond motifs is 4. The van der Waals surface area contributed by atoms with Gasteiger partial charge in [0.15, 0.2) is 17.5 Å². The molecule has 0 saturated carbocycles. The van der Waals surface area contributed by atoms with E-state index >= 15 is 0 Å². The van der Waals surface area contributed by atoms with Gasteiger partial charge in [-0.25, -0.2) is 15.0 Å². The SMILES string of the molecule is c1ccc(-c2ccc3cc(-c4nc(-c5ccccc5)nc(-c5ccccc5-c5ccccc5-n5c6ccccc6c6ccccc65)n4)ccc3c2)cc1. The molecule has 0 aliphatic rings. The smallest absolute Gasteiger partial charge is 0.164 e. The maximum Gasteiger partial charge on any atom is 0.164 e. The van der Waals surface area contributed by atoms with Crippen molar-refractivity contribution in [3.63, 3.8) is 0 Å². The Labute approximate surface area is 307 Å². The average Bonchev–Trinajstić information content (AvgIpc) is 3.58. The third-order valence-corrected chi connectivity index (χ3v) is 10.1. The van der Waals surface area contributed by atoms with Crippen LogP contribution in [0, 0.1) is 0 Å². The van der Waals surface area contributed by atoms with Gasteiger partial charge in [-0.1, -0.05) is 164 Å². The zero-order valence-corrected chi connectivity index (χ0v) is 28.8. The lowest BCUT2D eigenvalue weighted by molar-refractivity contribution is 1.07. The van der Waals surface area contributed by atoms with Crippen molar-refractivity contribution in [2.24, 2.45) is 0 Å². The lowest BCUT2D eigenvalue weighted by Crippen LogP contribution is -2.02. The molecule has 0 amide bonds. The first kappa shape index (κ1) is 30.6. The number of rotatable bonds is 6. The van der Waals surface area contributed by atoms with E-state index in [4.69, 9.17) is 15.0 Å². The summed E-state index contributed by atoms with van der Waals surface area (Å²) < 4.78 is 2.38. The van der Waals surface area contributed by atoms with E-state index in [1.165, 1.54) is 38.3 Å². The Hall–Kier alpha value is -7.17. The fourth-order valence-electron chi connectivity index (χ4n) is 7.53. The Kier molecular flexibility index (Phi) is 7.43. The first-order chi connectivity index (χ1) is 26.3. The summed E-state index contributed by atoms with van der Waals surface area (Å²) in [6, 6.07) is 68.1. The van der Waals surface area contributed by atoms with E-state index in [2.05, 4.69) is 174 Å². The van der Waals surface area contributed by atoms with Crippen LogP contribution in [0.15, 0.2) is 194 Å². The zero-order valence-electron chi connectivity index (χ0n) is 28.8. The van der Waals surface area contributed by atoms with E-state index in [0.29, 0.717) is 17.5 Å². The van der Waals surface area contributed by atoms with Crippen LogP contribution < -0.4 is 0 Å². The molecule has 0 unspecified atom stereocenters. The summed E-state index contributed by atoms with van der Waals surface area (Å²) in [6.07, 6.45) is 0. The third-order valence-electron chi connectivity index (χ3n) is 10.1. The lowest BCUT2D eigenvalue weighted by Gasteiger charge is -2.17. The molecule has 0 aliphatic heterocycles. The number of aromatic nitrogens is 4. The highest BCUT2D eigenvalue weighted by molar-refractivity contribution is 6.10. The van der Waals surface area contributed by atoms with Crippen LogP contribution in [-0.4, -0.2) is 19.5 Å². The van der Waals surface area contributed by atoms with Gasteiger partial charge in [0.1, 0.15) is 0 Å². The molecule has 10 aromatic rings. The summed E-state index contributed by atoms with van der Waals surface area (Å²) in [5, 5.41) is 4.76. The Morgan fingerprint density at radius 1 is 0.302 bits per heavy atom. The topological polar surface area (TPSA) is 43.6 Å². The summed E-state index contributed by atoms with van der Waals surface area (Å²) in [4.78, 5) is 15.5. The molecule has 0 aliphatic carbocycles. The highest BCUT2D eigenvalue weighted by Crippen LogP contribution is 2.39. The molecule has 248 valence electrons. The Balaban J connectivity index is 1.15. The predicted octanol–water partition coefficient (Wildman–Crippen LogP) is 12.5. The molecule has 10 rings (SSSR count). The van der Waals surface area contributed by atoms with Crippen LogP contribution in [0.4, 0.5) is 0 Å². The van der Waals surface area contributed by atoms with E-state index in [0.717, 1.165) is 38.9 Å². The molecule has 53 heavy (non-hydrogen) atoms. The summed E-state index contributed by atoms with van der Waals surface area (Å²) in [5.41, 5.74) is 10.8. The van der Waals surface area contributed by atoms with Gasteiger partial charge in [0, 0.05) is 33.0 Å². The monoisotopic (exact) mass is 676 g/mol. The third kappa shape index (κ3) is 5.45. The molecule has 0 spiro atoms. The minimum absolute atomic E-state index is 0.626. The molecule has 0 saturated heterocycles. The fraction of sp³-hybridized carbons (Fsp3) is 0. The summed E-state index contributed by atoms with van der Waals surface area (Å²) in [5.74, 6) is 1.89. The molecule has 2 heterocycles. The van der Waals surface area contributed by atoms with Crippen molar-refractivity contribution in [2.75, 3.05) is 0 Å². The quantitative estimate of drug-likeness (QED) is 0.176. The number of hydrogen-bond donors (Lipinski definition) is 0. The Morgan fingerprint density at radius 2 is 0.774 bits per heavy atom. The fourth-order valence-corrected chi connectivity index (χ4v) is 7.53. The van der Waals surface area contributed by atoms with E-state index in [9.17, 15) is 0 Å². The van der Waals surface area contributed by atoms with Crippen LogP contribution in [0.2, 0.25) is 0 Å². The van der Waals surface area contributed by atoms with Crippen LogP contribution in [0.5, 0.6) is 0 Å². The zero-order chi connectivity index (χ0) is 35.1. The molecular weight excluding hydrogens is 645 g/mol. The van der Waals surface area contributed by atoms with Crippen LogP contribution in [0.3, 0.4) is 0 Å². The maximum absolute atomic E-state index is 5.22. The van der Waals surface area contributed by atoms with Crippen LogP contribution >= 0.6 is 0 Å². The normalized spacial score (nSPS) is 11.4. The van der Waals surface area contributed by atoms with Gasteiger partial charge in [-0.15, -0.1) is 0 Å².